The number of amides is 1. The summed E-state index contributed by atoms with van der Waals surface area (Å²) in [6, 6.07) is 16.5. The standard InChI is InChI=1S/C23H19ClN2O3/c1-13-4-8-21-19(10-13)26-23(29-21)15-6-5-14(2)18(11-15)25-22(27)17-12-16(24)7-9-20(17)28-3/h4-12H,1-3H3,(H,25,27). The van der Waals surface area contributed by atoms with Gasteiger partial charge in [-0.15, -0.1) is 0 Å². The highest BCUT2D eigenvalue weighted by molar-refractivity contribution is 6.31. The molecule has 3 aromatic carbocycles. The summed E-state index contributed by atoms with van der Waals surface area (Å²) in [6.07, 6.45) is 0. The van der Waals surface area contributed by atoms with Gasteiger partial charge in [0, 0.05) is 16.3 Å². The number of benzene rings is 3. The fourth-order valence-electron chi connectivity index (χ4n) is 3.10. The van der Waals surface area contributed by atoms with Gasteiger partial charge >= 0.3 is 0 Å². The van der Waals surface area contributed by atoms with Crippen LogP contribution in [0, 0.1) is 13.8 Å². The number of aromatic nitrogens is 1. The fraction of sp³-hybridized carbons (Fsp3) is 0.130. The number of fused-ring (bicyclic) bond motifs is 1. The maximum Gasteiger partial charge on any atom is 0.259 e. The molecule has 0 atom stereocenters. The topological polar surface area (TPSA) is 64.4 Å². The van der Waals surface area contributed by atoms with Gasteiger partial charge in [-0.3, -0.25) is 4.79 Å². The van der Waals surface area contributed by atoms with Crippen molar-refractivity contribution in [2.45, 2.75) is 13.8 Å². The molecule has 0 bridgehead atoms. The minimum atomic E-state index is -0.308. The van der Waals surface area contributed by atoms with Crippen LogP contribution >= 0.6 is 11.6 Å². The summed E-state index contributed by atoms with van der Waals surface area (Å²) in [5, 5.41) is 3.40. The number of rotatable bonds is 4. The molecular formula is C23H19ClN2O3. The Balaban J connectivity index is 1.68. The van der Waals surface area contributed by atoms with E-state index in [1.807, 2.05) is 50.2 Å². The molecule has 0 aliphatic carbocycles. The summed E-state index contributed by atoms with van der Waals surface area (Å²) < 4.78 is 11.2. The lowest BCUT2D eigenvalue weighted by molar-refractivity contribution is 0.102. The number of hydrogen-bond donors (Lipinski definition) is 1. The van der Waals surface area contributed by atoms with Crippen molar-refractivity contribution in [2.24, 2.45) is 0 Å². The van der Waals surface area contributed by atoms with E-state index in [2.05, 4.69) is 10.3 Å². The summed E-state index contributed by atoms with van der Waals surface area (Å²) in [7, 11) is 1.51. The van der Waals surface area contributed by atoms with E-state index in [1.165, 1.54) is 7.11 Å². The minimum absolute atomic E-state index is 0.308. The number of carbonyl (C=O) groups excluding carboxylic acids is 1. The van der Waals surface area contributed by atoms with Gasteiger partial charge < -0.3 is 14.5 Å². The Morgan fingerprint density at radius 2 is 1.90 bits per heavy atom. The Labute approximate surface area is 173 Å². The lowest BCUT2D eigenvalue weighted by Gasteiger charge is -2.12. The van der Waals surface area contributed by atoms with E-state index in [-0.39, 0.29) is 5.91 Å². The van der Waals surface area contributed by atoms with Crippen LogP contribution in [-0.4, -0.2) is 18.0 Å². The first-order valence-corrected chi connectivity index (χ1v) is 9.45. The molecule has 1 aromatic heterocycles. The Kier molecular flexibility index (Phi) is 4.99. The van der Waals surface area contributed by atoms with Crippen LogP contribution < -0.4 is 10.1 Å². The van der Waals surface area contributed by atoms with Gasteiger partial charge in [0.25, 0.3) is 5.91 Å². The van der Waals surface area contributed by atoms with Crippen molar-refractivity contribution in [2.75, 3.05) is 12.4 Å². The average Bonchev–Trinajstić information content (AvgIpc) is 3.12. The van der Waals surface area contributed by atoms with Crippen LogP contribution in [0.1, 0.15) is 21.5 Å². The van der Waals surface area contributed by atoms with Crippen molar-refractivity contribution in [3.05, 3.63) is 76.3 Å². The van der Waals surface area contributed by atoms with Crippen LogP contribution in [-0.2, 0) is 0 Å². The van der Waals surface area contributed by atoms with E-state index in [1.54, 1.807) is 18.2 Å². The lowest BCUT2D eigenvalue weighted by Crippen LogP contribution is -2.14. The molecule has 1 heterocycles. The van der Waals surface area contributed by atoms with Gasteiger partial charge in [0.2, 0.25) is 5.89 Å². The predicted octanol–water partition coefficient (Wildman–Crippen LogP) is 6.03. The maximum absolute atomic E-state index is 12.8. The highest BCUT2D eigenvalue weighted by Gasteiger charge is 2.16. The van der Waals surface area contributed by atoms with Crippen LogP contribution in [0.15, 0.2) is 59.0 Å². The van der Waals surface area contributed by atoms with Crippen molar-refractivity contribution in [3.63, 3.8) is 0 Å². The van der Waals surface area contributed by atoms with Crippen LogP contribution in [0.2, 0.25) is 5.02 Å². The molecule has 29 heavy (non-hydrogen) atoms. The highest BCUT2D eigenvalue weighted by atomic mass is 35.5. The maximum atomic E-state index is 12.8. The quantitative estimate of drug-likeness (QED) is 0.449. The van der Waals surface area contributed by atoms with Gasteiger partial charge in [-0.25, -0.2) is 4.98 Å². The number of nitrogens with zero attached hydrogens (tertiary/aromatic N) is 1. The number of methoxy groups -OCH3 is 1. The molecule has 1 N–H and O–H groups in total. The molecule has 6 heteroatoms. The summed E-state index contributed by atoms with van der Waals surface area (Å²) in [4.78, 5) is 17.4. The summed E-state index contributed by atoms with van der Waals surface area (Å²) in [5.41, 5.74) is 5.35. The second-order valence-corrected chi connectivity index (χ2v) is 7.26. The van der Waals surface area contributed by atoms with Crippen LogP contribution in [0.5, 0.6) is 5.75 Å². The molecule has 4 aromatic rings. The first-order valence-electron chi connectivity index (χ1n) is 9.08. The Morgan fingerprint density at radius 3 is 2.69 bits per heavy atom. The lowest BCUT2D eigenvalue weighted by atomic mass is 10.1. The number of halogens is 1. The number of ether oxygens (including phenoxy) is 1. The van der Waals surface area contributed by atoms with Gasteiger partial charge in [0.05, 0.1) is 12.7 Å². The van der Waals surface area contributed by atoms with Gasteiger partial charge in [-0.2, -0.15) is 0 Å². The van der Waals surface area contributed by atoms with Crippen molar-refractivity contribution >= 4 is 34.3 Å². The van der Waals surface area contributed by atoms with Crippen molar-refractivity contribution < 1.29 is 13.9 Å². The van der Waals surface area contributed by atoms with Crippen molar-refractivity contribution in [1.29, 1.82) is 0 Å². The van der Waals surface area contributed by atoms with Crippen LogP contribution in [0.25, 0.3) is 22.6 Å². The molecular weight excluding hydrogens is 388 g/mol. The second-order valence-electron chi connectivity index (χ2n) is 6.82. The number of hydrogen-bond acceptors (Lipinski definition) is 4. The number of nitrogens with one attached hydrogen (secondary N) is 1. The van der Waals surface area contributed by atoms with E-state index in [4.69, 9.17) is 20.8 Å². The van der Waals surface area contributed by atoms with Crippen molar-refractivity contribution in [1.82, 2.24) is 4.98 Å². The highest BCUT2D eigenvalue weighted by Crippen LogP contribution is 2.29. The molecule has 0 aliphatic heterocycles. The molecule has 0 aliphatic rings. The van der Waals surface area contributed by atoms with Gasteiger partial charge in [0.1, 0.15) is 11.3 Å². The van der Waals surface area contributed by atoms with E-state index in [0.29, 0.717) is 27.9 Å². The Morgan fingerprint density at radius 1 is 1.07 bits per heavy atom. The predicted molar refractivity (Wildman–Crippen MR) is 115 cm³/mol. The number of aryl methyl sites for hydroxylation is 2. The number of carbonyl (C=O) groups is 1. The molecule has 5 nitrogen and oxygen atoms in total. The zero-order valence-electron chi connectivity index (χ0n) is 16.2. The summed E-state index contributed by atoms with van der Waals surface area (Å²) in [6.45, 7) is 3.93. The molecule has 0 saturated carbocycles. The third-order valence-electron chi connectivity index (χ3n) is 4.68. The summed E-state index contributed by atoms with van der Waals surface area (Å²) in [5.74, 6) is 0.647. The van der Waals surface area contributed by atoms with Crippen LogP contribution in [0.4, 0.5) is 5.69 Å². The van der Waals surface area contributed by atoms with E-state index in [0.717, 1.165) is 27.8 Å². The molecule has 0 spiro atoms. The van der Waals surface area contributed by atoms with Gasteiger partial charge in [-0.05, 0) is 67.4 Å². The molecule has 0 saturated heterocycles. The fourth-order valence-corrected chi connectivity index (χ4v) is 3.27. The number of oxazole rings is 1. The monoisotopic (exact) mass is 406 g/mol. The van der Waals surface area contributed by atoms with Gasteiger partial charge in [-0.1, -0.05) is 23.7 Å². The van der Waals surface area contributed by atoms with Crippen molar-refractivity contribution in [3.8, 4) is 17.2 Å². The van der Waals surface area contributed by atoms with E-state index < -0.39 is 0 Å². The minimum Gasteiger partial charge on any atom is -0.496 e. The molecule has 0 unspecified atom stereocenters. The molecule has 4 rings (SSSR count). The summed E-state index contributed by atoms with van der Waals surface area (Å²) >= 11 is 6.05. The third kappa shape index (κ3) is 3.82. The van der Waals surface area contributed by atoms with Crippen LogP contribution in [0.3, 0.4) is 0 Å². The zero-order valence-corrected chi connectivity index (χ0v) is 17.0. The number of anilines is 1. The third-order valence-corrected chi connectivity index (χ3v) is 4.92. The smallest absolute Gasteiger partial charge is 0.259 e. The zero-order chi connectivity index (χ0) is 20.5. The SMILES string of the molecule is COc1ccc(Cl)cc1C(=O)Nc1cc(-c2nc3cc(C)ccc3o2)ccc1C. The molecule has 1 amide bonds. The molecule has 0 fully saturated rings. The average molecular weight is 407 g/mol. The molecule has 0 radical (unpaired) electrons. The normalized spacial score (nSPS) is 10.9. The molecule has 146 valence electrons. The van der Waals surface area contributed by atoms with E-state index in [9.17, 15) is 4.79 Å². The first kappa shape index (κ1) is 19.0. The second kappa shape index (κ2) is 7.60. The van der Waals surface area contributed by atoms with E-state index >= 15 is 0 Å². The Hall–Kier alpha value is -3.31. The Bertz CT molecular complexity index is 1230. The largest absolute Gasteiger partial charge is 0.496 e. The first-order chi connectivity index (χ1) is 13.9. The van der Waals surface area contributed by atoms with Gasteiger partial charge in [0.15, 0.2) is 5.58 Å².